The summed E-state index contributed by atoms with van der Waals surface area (Å²) in [6, 6.07) is -4.54. The Bertz CT molecular complexity index is 1230. The van der Waals surface area contributed by atoms with Gasteiger partial charge in [-0.1, -0.05) is 19.0 Å². The number of imidazole rings is 1. The van der Waals surface area contributed by atoms with Gasteiger partial charge in [0.25, 0.3) is 0 Å². The summed E-state index contributed by atoms with van der Waals surface area (Å²) in [5, 5.41) is 61.5. The smallest absolute Gasteiger partial charge is 0.247 e. The van der Waals surface area contributed by atoms with E-state index in [4.69, 9.17) is 4.84 Å². The number of likely N-dealkylation sites (tertiary alicyclic amines) is 1. The predicted molar refractivity (Wildman–Crippen MR) is 167 cm³/mol. The van der Waals surface area contributed by atoms with Crippen LogP contribution in [0, 0.1) is 5.92 Å². The third-order valence-corrected chi connectivity index (χ3v) is 7.52. The van der Waals surface area contributed by atoms with E-state index in [2.05, 4.69) is 36.4 Å². The number of aliphatic hydroxyl groups excluding tert-OH is 5. The van der Waals surface area contributed by atoms with Crippen LogP contribution in [0.5, 0.6) is 0 Å². The molecule has 0 aliphatic carbocycles. The van der Waals surface area contributed by atoms with Crippen LogP contribution in [0.15, 0.2) is 17.7 Å². The van der Waals surface area contributed by atoms with Crippen LogP contribution < -0.4 is 21.3 Å². The van der Waals surface area contributed by atoms with Crippen LogP contribution in [0.25, 0.3) is 0 Å². The number of amides is 5. The molecule has 5 amide bonds. The van der Waals surface area contributed by atoms with Crippen molar-refractivity contribution in [2.45, 2.75) is 102 Å². The summed E-state index contributed by atoms with van der Waals surface area (Å²) < 4.78 is 0. The lowest BCUT2D eigenvalue weighted by Gasteiger charge is -2.28. The Morgan fingerprint density at radius 1 is 1.02 bits per heavy atom. The fourth-order valence-electron chi connectivity index (χ4n) is 4.90. The molecule has 270 valence electrons. The summed E-state index contributed by atoms with van der Waals surface area (Å²) in [4.78, 5) is 77.6. The molecule has 8 unspecified atom stereocenters. The Morgan fingerprint density at radius 3 is 2.27 bits per heavy atom. The zero-order chi connectivity index (χ0) is 36.0. The molecule has 2 rings (SSSR count). The van der Waals surface area contributed by atoms with Gasteiger partial charge in [0.15, 0.2) is 6.73 Å². The average Bonchev–Trinajstić information content (AvgIpc) is 3.74. The molecule has 8 atom stereocenters. The van der Waals surface area contributed by atoms with E-state index in [9.17, 15) is 49.5 Å². The Labute approximate surface area is 277 Å². The Hall–Kier alpha value is -4.17. The molecule has 0 aromatic carbocycles. The molecule has 0 bridgehead atoms. The second kappa shape index (κ2) is 19.6. The van der Waals surface area contributed by atoms with Crippen LogP contribution in [-0.2, 0) is 35.2 Å². The molecule has 1 fully saturated rings. The molecule has 19 heteroatoms. The molecule has 0 saturated carbocycles. The van der Waals surface area contributed by atoms with Crippen molar-refractivity contribution < 1.29 is 54.3 Å². The van der Waals surface area contributed by atoms with Gasteiger partial charge in [0.05, 0.1) is 25.3 Å². The number of hydrogen-bond acceptors (Lipinski definition) is 13. The van der Waals surface area contributed by atoms with Crippen LogP contribution >= 0.6 is 0 Å². The summed E-state index contributed by atoms with van der Waals surface area (Å²) in [5.41, 5.74) is 0.465. The third kappa shape index (κ3) is 12.5. The molecule has 1 saturated heterocycles. The molecular weight excluding hydrogens is 636 g/mol. The van der Waals surface area contributed by atoms with Gasteiger partial charge in [0, 0.05) is 31.8 Å². The summed E-state index contributed by atoms with van der Waals surface area (Å²) in [7, 11) is 0. The molecule has 1 aromatic heterocycles. The Balaban J connectivity index is 2.06. The zero-order valence-corrected chi connectivity index (χ0v) is 27.4. The van der Waals surface area contributed by atoms with E-state index >= 15 is 0 Å². The van der Waals surface area contributed by atoms with E-state index in [-0.39, 0.29) is 24.7 Å². The second-order valence-electron chi connectivity index (χ2n) is 11.9. The third-order valence-electron chi connectivity index (χ3n) is 7.52. The summed E-state index contributed by atoms with van der Waals surface area (Å²) in [5.74, 6) is -3.17. The number of carbonyl (C=O) groups excluding carboxylic acids is 5. The maximum Gasteiger partial charge on any atom is 0.247 e. The van der Waals surface area contributed by atoms with Crippen LogP contribution in [0.3, 0.4) is 0 Å². The van der Waals surface area contributed by atoms with Gasteiger partial charge >= 0.3 is 0 Å². The van der Waals surface area contributed by atoms with Crippen LogP contribution in [0.2, 0.25) is 0 Å². The maximum absolute atomic E-state index is 13.5. The van der Waals surface area contributed by atoms with Gasteiger partial charge in [0.1, 0.15) is 42.5 Å². The predicted octanol–water partition coefficient (Wildman–Crippen LogP) is -4.00. The molecule has 1 aliphatic heterocycles. The number of oxime groups is 1. The van der Waals surface area contributed by atoms with Crippen molar-refractivity contribution in [3.05, 3.63) is 18.2 Å². The summed E-state index contributed by atoms with van der Waals surface area (Å²) in [6.07, 6.45) is -1.69. The molecule has 1 aliphatic rings. The molecule has 0 spiro atoms. The van der Waals surface area contributed by atoms with Gasteiger partial charge in [-0.15, -0.1) is 0 Å². The number of aliphatic hydroxyl groups is 5. The zero-order valence-electron chi connectivity index (χ0n) is 27.4. The van der Waals surface area contributed by atoms with Gasteiger partial charge in [-0.05, 0) is 32.1 Å². The van der Waals surface area contributed by atoms with E-state index in [1.165, 1.54) is 31.3 Å². The first-order valence-electron chi connectivity index (χ1n) is 15.6. The minimum atomic E-state index is -1.77. The number of carbonyl (C=O) groups is 5. The van der Waals surface area contributed by atoms with Gasteiger partial charge in [-0.25, -0.2) is 4.98 Å². The van der Waals surface area contributed by atoms with E-state index < -0.39 is 85.5 Å². The summed E-state index contributed by atoms with van der Waals surface area (Å²) in [6.45, 7) is 5.29. The number of aromatic amines is 1. The van der Waals surface area contributed by atoms with Crippen LogP contribution in [0.1, 0.15) is 52.7 Å². The molecule has 10 N–H and O–H groups in total. The topological polar surface area (TPSA) is 288 Å². The first-order chi connectivity index (χ1) is 22.7. The highest BCUT2D eigenvalue weighted by atomic mass is 16.6. The first-order valence-corrected chi connectivity index (χ1v) is 15.6. The van der Waals surface area contributed by atoms with Crippen molar-refractivity contribution in [3.63, 3.8) is 0 Å². The van der Waals surface area contributed by atoms with Crippen molar-refractivity contribution in [3.8, 4) is 0 Å². The van der Waals surface area contributed by atoms with Crippen molar-refractivity contribution in [1.29, 1.82) is 0 Å². The molecular formula is C29H48N8O11. The molecule has 19 nitrogen and oxygen atoms in total. The standard InChI is InChI=1S/C29H48N8O11/c1-15(2)8-19(35-29(47)22-6-5-7-37(22)17(4)40)27(45)34-20(9-18-10-30-13-31-18)28(46)36-21(12-38)26(44)32-14-48-33-11-23(41)25(43)24(42)16(3)39/h10-11,13,15-16,19-25,38-39,41-43H,5-9,12,14H2,1-4H3,(H,30,31)(H,32,44)(H,34,45)(H,35,47)(H,36,46). The molecule has 2 heterocycles. The van der Waals surface area contributed by atoms with E-state index in [0.29, 0.717) is 25.1 Å². The lowest BCUT2D eigenvalue weighted by Crippen LogP contribution is -2.59. The highest BCUT2D eigenvalue weighted by Gasteiger charge is 2.36. The van der Waals surface area contributed by atoms with E-state index in [1.54, 1.807) is 0 Å². The lowest BCUT2D eigenvalue weighted by molar-refractivity contribution is -0.138. The fourth-order valence-corrected chi connectivity index (χ4v) is 4.90. The minimum Gasteiger partial charge on any atom is -0.394 e. The normalized spacial score (nSPS) is 19.1. The monoisotopic (exact) mass is 684 g/mol. The number of nitrogens with one attached hydrogen (secondary N) is 5. The van der Waals surface area contributed by atoms with E-state index in [0.717, 1.165) is 6.21 Å². The van der Waals surface area contributed by atoms with Crippen molar-refractivity contribution >= 4 is 35.8 Å². The Morgan fingerprint density at radius 2 is 1.69 bits per heavy atom. The van der Waals surface area contributed by atoms with Crippen molar-refractivity contribution in [2.24, 2.45) is 11.1 Å². The van der Waals surface area contributed by atoms with Crippen LogP contribution in [-0.4, -0.2) is 145 Å². The first kappa shape index (κ1) is 40.0. The van der Waals surface area contributed by atoms with Crippen LogP contribution in [0.4, 0.5) is 0 Å². The fraction of sp³-hybridized carbons (Fsp3) is 0.690. The summed E-state index contributed by atoms with van der Waals surface area (Å²) >= 11 is 0. The highest BCUT2D eigenvalue weighted by molar-refractivity contribution is 5.95. The van der Waals surface area contributed by atoms with Gasteiger partial charge < -0.3 is 61.5 Å². The highest BCUT2D eigenvalue weighted by Crippen LogP contribution is 2.18. The second-order valence-corrected chi connectivity index (χ2v) is 11.9. The SMILES string of the molecule is CC(=O)N1CCCC1C(=O)NC(CC(C)C)C(=O)NC(Cc1cnc[nH]1)C(=O)NC(CO)C(=O)NCON=CC(O)C(O)C(O)C(C)O. The van der Waals surface area contributed by atoms with Crippen molar-refractivity contribution in [1.82, 2.24) is 36.1 Å². The number of H-pyrrole nitrogens is 1. The number of aromatic nitrogens is 2. The number of hydrogen-bond donors (Lipinski definition) is 10. The quantitative estimate of drug-likeness (QED) is 0.0289. The molecule has 0 radical (unpaired) electrons. The Kier molecular flexibility index (Phi) is 16.3. The largest absolute Gasteiger partial charge is 0.394 e. The van der Waals surface area contributed by atoms with Gasteiger partial charge in [0.2, 0.25) is 29.5 Å². The van der Waals surface area contributed by atoms with E-state index in [1.807, 2.05) is 13.8 Å². The maximum atomic E-state index is 13.5. The van der Waals surface area contributed by atoms with Crippen molar-refractivity contribution in [2.75, 3.05) is 19.9 Å². The minimum absolute atomic E-state index is 0.0356. The molecule has 48 heavy (non-hydrogen) atoms. The van der Waals surface area contributed by atoms with Gasteiger partial charge in [-0.3, -0.25) is 24.0 Å². The average molecular weight is 685 g/mol. The number of nitrogens with zero attached hydrogens (tertiary/aromatic N) is 3. The molecule has 1 aromatic rings. The van der Waals surface area contributed by atoms with Gasteiger partial charge in [-0.2, -0.15) is 0 Å². The number of rotatable bonds is 19. The lowest BCUT2D eigenvalue weighted by atomic mass is 10.0.